The first-order valence-electron chi connectivity index (χ1n) is 10.3. The van der Waals surface area contributed by atoms with Crippen LogP contribution in [0.15, 0.2) is 28.7 Å². The van der Waals surface area contributed by atoms with Crippen LogP contribution >= 0.6 is 0 Å². The molecule has 6 rings (SSSR count). The number of oxazole rings is 1. The van der Waals surface area contributed by atoms with Crippen molar-refractivity contribution >= 4 is 17.2 Å². The number of anilines is 1. The van der Waals surface area contributed by atoms with Gasteiger partial charge in [0.25, 0.3) is 6.01 Å². The molecule has 31 heavy (non-hydrogen) atoms. The lowest BCUT2D eigenvalue weighted by Crippen LogP contribution is -2.60. The molecule has 164 valence electrons. The monoisotopic (exact) mass is 432 g/mol. The molecule has 9 heteroatoms. The minimum atomic E-state index is -4.53. The number of fused-ring (bicyclic) bond motifs is 4. The van der Waals surface area contributed by atoms with E-state index >= 15 is 0 Å². The summed E-state index contributed by atoms with van der Waals surface area (Å²) in [7, 11) is 2.14. The minimum absolute atomic E-state index is 0.0739. The van der Waals surface area contributed by atoms with Gasteiger partial charge in [0, 0.05) is 18.2 Å². The Hall–Kier alpha value is -2.81. The quantitative estimate of drug-likeness (QED) is 0.609. The maximum Gasteiger partial charge on any atom is 0.416 e. The molecular weight excluding hydrogens is 409 g/mol. The number of hydrogen-bond donors (Lipinski definition) is 2. The van der Waals surface area contributed by atoms with Crippen LogP contribution in [-0.2, 0) is 6.18 Å². The summed E-state index contributed by atoms with van der Waals surface area (Å²) >= 11 is 0. The van der Waals surface area contributed by atoms with Gasteiger partial charge in [-0.3, -0.25) is 0 Å². The van der Waals surface area contributed by atoms with Crippen LogP contribution in [0.2, 0.25) is 0 Å². The highest BCUT2D eigenvalue weighted by molar-refractivity contribution is 5.78. The topological polar surface area (TPSA) is 74.4 Å². The second-order valence-corrected chi connectivity index (χ2v) is 8.77. The van der Waals surface area contributed by atoms with Crippen LogP contribution in [0.3, 0.4) is 0 Å². The summed E-state index contributed by atoms with van der Waals surface area (Å²) in [4.78, 5) is 11.3. The molecule has 2 aromatic heterocycles. The maximum atomic E-state index is 13.0. The van der Waals surface area contributed by atoms with Crippen molar-refractivity contribution in [3.8, 4) is 17.0 Å². The van der Waals surface area contributed by atoms with Crippen molar-refractivity contribution in [2.24, 2.45) is 0 Å². The first kappa shape index (κ1) is 20.1. The molecule has 2 N–H and O–H groups in total. The number of likely N-dealkylation sites (N-methyl/N-ethyl adjacent to an activating group) is 1. The number of benzene rings is 1. The number of piperidine rings is 2. The number of phenolic OH excluding ortho intramolecular Hbond substituents is 1. The van der Waals surface area contributed by atoms with Gasteiger partial charge in [0.1, 0.15) is 5.75 Å². The summed E-state index contributed by atoms with van der Waals surface area (Å²) in [6.07, 6.45) is -0.149. The third-order valence-corrected chi connectivity index (χ3v) is 6.61. The van der Waals surface area contributed by atoms with Crippen molar-refractivity contribution < 1.29 is 22.7 Å². The van der Waals surface area contributed by atoms with Crippen LogP contribution in [0.4, 0.5) is 19.2 Å². The van der Waals surface area contributed by atoms with Gasteiger partial charge in [-0.15, -0.1) is 0 Å². The molecule has 0 radical (unpaired) electrons. The summed E-state index contributed by atoms with van der Waals surface area (Å²) < 4.78 is 44.9. The Morgan fingerprint density at radius 1 is 1.19 bits per heavy atom. The first-order chi connectivity index (χ1) is 14.6. The summed E-state index contributed by atoms with van der Waals surface area (Å²) in [6.45, 7) is 2.44. The lowest BCUT2D eigenvalue weighted by atomic mass is 9.74. The normalized spacial score (nSPS) is 24.1. The number of pyridine rings is 1. The average Bonchev–Trinajstić information content (AvgIpc) is 3.08. The molecule has 2 aliphatic heterocycles. The van der Waals surface area contributed by atoms with Crippen LogP contribution in [0.25, 0.3) is 22.5 Å². The van der Waals surface area contributed by atoms with Crippen molar-refractivity contribution in [2.75, 3.05) is 18.9 Å². The number of hydrogen-bond acceptors (Lipinski definition) is 6. The Kier molecular flexibility index (Phi) is 4.44. The third kappa shape index (κ3) is 3.50. The summed E-state index contributed by atoms with van der Waals surface area (Å²) in [5.74, 6) is -0.470. The molecule has 3 aliphatic rings. The molecular formula is C22H23F3N4O2. The van der Waals surface area contributed by atoms with Crippen LogP contribution < -0.4 is 5.32 Å². The molecule has 0 spiro atoms. The van der Waals surface area contributed by atoms with E-state index in [1.165, 1.54) is 6.92 Å². The largest absolute Gasteiger partial charge is 0.507 e. The molecule has 4 heterocycles. The van der Waals surface area contributed by atoms with Gasteiger partial charge in [0.15, 0.2) is 5.58 Å². The summed E-state index contributed by atoms with van der Waals surface area (Å²) in [5, 5.41) is 13.8. The zero-order chi connectivity index (χ0) is 22.0. The van der Waals surface area contributed by atoms with E-state index in [-0.39, 0.29) is 16.7 Å². The highest BCUT2D eigenvalue weighted by Crippen LogP contribution is 2.41. The predicted molar refractivity (Wildman–Crippen MR) is 110 cm³/mol. The summed E-state index contributed by atoms with van der Waals surface area (Å²) in [6, 6.07) is 6.06. The number of aryl methyl sites for hydroxylation is 1. The zero-order valence-corrected chi connectivity index (χ0v) is 17.3. The fourth-order valence-corrected chi connectivity index (χ4v) is 5.03. The molecule has 2 bridgehead atoms. The van der Waals surface area contributed by atoms with E-state index in [2.05, 4.69) is 27.2 Å². The van der Waals surface area contributed by atoms with Gasteiger partial charge in [-0.25, -0.2) is 4.98 Å². The number of halogens is 3. The van der Waals surface area contributed by atoms with Crippen LogP contribution in [0.1, 0.15) is 36.8 Å². The number of nitrogens with one attached hydrogen (secondary N) is 1. The number of nitrogens with zero attached hydrogens (tertiary/aromatic N) is 3. The van der Waals surface area contributed by atoms with E-state index in [1.54, 1.807) is 12.1 Å². The molecule has 2 saturated heterocycles. The van der Waals surface area contributed by atoms with Gasteiger partial charge in [-0.1, -0.05) is 0 Å². The number of phenols is 1. The van der Waals surface area contributed by atoms with Crippen LogP contribution in [0.5, 0.6) is 5.75 Å². The second kappa shape index (κ2) is 6.85. The van der Waals surface area contributed by atoms with Crippen molar-refractivity contribution in [1.82, 2.24) is 14.9 Å². The zero-order valence-electron chi connectivity index (χ0n) is 17.3. The average molecular weight is 432 g/mol. The number of aromatic hydroxyl groups is 1. The molecule has 3 fully saturated rings. The molecule has 1 saturated carbocycles. The Labute approximate surface area is 177 Å². The fourth-order valence-electron chi connectivity index (χ4n) is 5.03. The molecule has 0 atom stereocenters. The fraction of sp³-hybridized carbons (Fsp3) is 0.455. The Morgan fingerprint density at radius 2 is 1.94 bits per heavy atom. The number of aromatic nitrogens is 2. The highest BCUT2D eigenvalue weighted by Gasteiger charge is 2.44. The van der Waals surface area contributed by atoms with E-state index in [4.69, 9.17) is 4.42 Å². The standard InChI is InChI=1S/C22H23F3N4O2/c1-12-9-13(22(23,24)25)10-16(30)18(12)15-3-4-17-19(26-15)27-20(31-17)28-21-7-5-14(6-8-21)29(2)11-21/h3-4,9-10,14,30H,5-8,11H2,1-2H3,(H,26,27,28). The van der Waals surface area contributed by atoms with E-state index < -0.39 is 17.5 Å². The Balaban J connectivity index is 1.47. The molecule has 3 aromatic rings. The van der Waals surface area contributed by atoms with Crippen molar-refractivity contribution in [1.29, 1.82) is 0 Å². The number of alkyl halides is 3. The molecule has 0 unspecified atom stereocenters. The predicted octanol–water partition coefficient (Wildman–Crippen LogP) is 4.96. The lowest BCUT2D eigenvalue weighted by Gasteiger charge is -2.51. The van der Waals surface area contributed by atoms with Gasteiger partial charge < -0.3 is 19.7 Å². The first-order valence-corrected chi connectivity index (χ1v) is 10.3. The van der Waals surface area contributed by atoms with Crippen molar-refractivity contribution in [3.05, 3.63) is 35.4 Å². The second-order valence-electron chi connectivity index (χ2n) is 8.77. The summed E-state index contributed by atoms with van der Waals surface area (Å²) in [5.41, 5.74) is 0.714. The van der Waals surface area contributed by atoms with Crippen LogP contribution in [-0.4, -0.2) is 45.1 Å². The van der Waals surface area contributed by atoms with Crippen LogP contribution in [0, 0.1) is 6.92 Å². The van der Waals surface area contributed by atoms with Gasteiger partial charge in [-0.05, 0) is 69.5 Å². The SMILES string of the molecule is Cc1cc(C(F)(F)F)cc(O)c1-c1ccc2oc(NC34CCC(CC3)N(C)C4)nc2n1. The maximum absolute atomic E-state index is 13.0. The molecule has 6 nitrogen and oxygen atoms in total. The lowest BCUT2D eigenvalue weighted by molar-refractivity contribution is -0.137. The van der Waals surface area contributed by atoms with E-state index in [9.17, 15) is 18.3 Å². The molecule has 1 aliphatic carbocycles. The number of rotatable bonds is 3. The molecule has 0 amide bonds. The van der Waals surface area contributed by atoms with Gasteiger partial charge >= 0.3 is 6.18 Å². The van der Waals surface area contributed by atoms with Gasteiger partial charge in [0.2, 0.25) is 5.65 Å². The van der Waals surface area contributed by atoms with E-state index in [1.807, 2.05) is 0 Å². The molecule has 1 aromatic carbocycles. The van der Waals surface area contributed by atoms with Crippen molar-refractivity contribution in [3.63, 3.8) is 0 Å². The van der Waals surface area contributed by atoms with E-state index in [0.717, 1.165) is 44.4 Å². The van der Waals surface area contributed by atoms with Gasteiger partial charge in [-0.2, -0.15) is 18.2 Å². The Bertz CT molecular complexity index is 1130. The Morgan fingerprint density at radius 3 is 2.58 bits per heavy atom. The third-order valence-electron chi connectivity index (χ3n) is 6.61. The minimum Gasteiger partial charge on any atom is -0.507 e. The van der Waals surface area contributed by atoms with E-state index in [0.29, 0.717) is 29.0 Å². The van der Waals surface area contributed by atoms with Gasteiger partial charge in [0.05, 0.1) is 16.8 Å². The smallest absolute Gasteiger partial charge is 0.416 e. The highest BCUT2D eigenvalue weighted by atomic mass is 19.4. The van der Waals surface area contributed by atoms with Crippen molar-refractivity contribution in [2.45, 2.75) is 50.4 Å².